The summed E-state index contributed by atoms with van der Waals surface area (Å²) in [6.07, 6.45) is 4.30. The fourth-order valence-corrected chi connectivity index (χ4v) is 5.32. The lowest BCUT2D eigenvalue weighted by atomic mass is 10.1. The van der Waals surface area contributed by atoms with Gasteiger partial charge in [-0.3, -0.25) is 4.79 Å². The molecule has 0 aromatic carbocycles. The van der Waals surface area contributed by atoms with E-state index in [0.29, 0.717) is 23.7 Å². The number of carbonyl (C=O) groups is 3. The Morgan fingerprint density at radius 1 is 1.19 bits per heavy atom. The Hall–Kier alpha value is -3.38. The first-order chi connectivity index (χ1) is 17.3. The Balaban J connectivity index is 1.76. The van der Waals surface area contributed by atoms with Gasteiger partial charge < -0.3 is 23.9 Å². The van der Waals surface area contributed by atoms with Gasteiger partial charge in [-0.05, 0) is 38.5 Å². The van der Waals surface area contributed by atoms with Crippen LogP contribution in [-0.4, -0.2) is 56.1 Å². The molecule has 3 aromatic rings. The van der Waals surface area contributed by atoms with Gasteiger partial charge in [-0.1, -0.05) is 17.8 Å². The van der Waals surface area contributed by atoms with Crippen molar-refractivity contribution in [2.24, 2.45) is 7.05 Å². The molecule has 0 aliphatic carbocycles. The molecule has 0 radical (unpaired) electrons. The zero-order valence-electron chi connectivity index (χ0n) is 20.7. The van der Waals surface area contributed by atoms with Crippen LogP contribution >= 0.6 is 23.1 Å². The maximum absolute atomic E-state index is 12.8. The Morgan fingerprint density at radius 3 is 2.56 bits per heavy atom. The van der Waals surface area contributed by atoms with Crippen LogP contribution in [-0.2, 0) is 34.3 Å². The van der Waals surface area contributed by atoms with E-state index in [1.54, 1.807) is 26.8 Å². The maximum atomic E-state index is 12.8. The summed E-state index contributed by atoms with van der Waals surface area (Å²) in [7, 11) is 1.97. The van der Waals surface area contributed by atoms with E-state index >= 15 is 0 Å². The van der Waals surface area contributed by atoms with Gasteiger partial charge in [-0.25, -0.2) is 9.59 Å². The lowest BCUT2D eigenvalue weighted by Gasteiger charge is -2.09. The minimum Gasteiger partial charge on any atom is -0.462 e. The molecule has 0 atom stereocenters. The lowest BCUT2D eigenvalue weighted by molar-refractivity contribution is -0.113. The first kappa shape index (κ1) is 27.2. The van der Waals surface area contributed by atoms with Crippen molar-refractivity contribution in [3.63, 3.8) is 0 Å². The third kappa shape index (κ3) is 6.24. The van der Waals surface area contributed by atoms with E-state index in [4.69, 9.17) is 9.47 Å². The second kappa shape index (κ2) is 12.5. The molecule has 1 N–H and O–H groups in total. The Bertz CT molecular complexity index is 1260. The Labute approximate surface area is 217 Å². The summed E-state index contributed by atoms with van der Waals surface area (Å²) in [5, 5.41) is 12.1. The number of thiophene rings is 1. The van der Waals surface area contributed by atoms with Crippen LogP contribution in [0.15, 0.2) is 36.1 Å². The zero-order valence-corrected chi connectivity index (χ0v) is 22.3. The molecule has 0 spiro atoms. The van der Waals surface area contributed by atoms with E-state index in [0.717, 1.165) is 22.9 Å². The van der Waals surface area contributed by atoms with Crippen molar-refractivity contribution in [3.8, 4) is 0 Å². The highest BCUT2D eigenvalue weighted by Gasteiger charge is 2.27. The Kier molecular flexibility index (Phi) is 9.48. The van der Waals surface area contributed by atoms with Crippen molar-refractivity contribution in [2.75, 3.05) is 24.3 Å². The van der Waals surface area contributed by atoms with Gasteiger partial charge in [0.2, 0.25) is 5.91 Å². The van der Waals surface area contributed by atoms with Crippen molar-refractivity contribution < 1.29 is 23.9 Å². The number of hydrogen-bond donors (Lipinski definition) is 1. The summed E-state index contributed by atoms with van der Waals surface area (Å²) in [4.78, 5) is 38.0. The van der Waals surface area contributed by atoms with E-state index in [1.165, 1.54) is 11.8 Å². The molecule has 3 rings (SSSR count). The molecule has 0 bridgehead atoms. The highest BCUT2D eigenvalue weighted by molar-refractivity contribution is 7.99. The van der Waals surface area contributed by atoms with Gasteiger partial charge in [-0.2, -0.15) is 0 Å². The number of esters is 2. The number of nitrogens with zero attached hydrogens (tertiary/aromatic N) is 4. The van der Waals surface area contributed by atoms with E-state index in [2.05, 4.69) is 22.1 Å². The van der Waals surface area contributed by atoms with Crippen molar-refractivity contribution in [1.29, 1.82) is 0 Å². The second-order valence-electron chi connectivity index (χ2n) is 7.62. The molecular weight excluding hydrogens is 502 g/mol. The number of ether oxygens (including phenoxy) is 2. The summed E-state index contributed by atoms with van der Waals surface area (Å²) in [5.41, 5.74) is 1.65. The van der Waals surface area contributed by atoms with Crippen LogP contribution in [0.2, 0.25) is 0 Å². The van der Waals surface area contributed by atoms with Gasteiger partial charge in [0.1, 0.15) is 15.7 Å². The molecule has 192 valence electrons. The topological polar surface area (TPSA) is 117 Å². The third-order valence-electron chi connectivity index (χ3n) is 5.17. The number of allylic oxidation sites excluding steroid dienone is 1. The van der Waals surface area contributed by atoms with Gasteiger partial charge in [0.15, 0.2) is 5.16 Å². The molecule has 10 nitrogen and oxygen atoms in total. The molecule has 1 amide bonds. The van der Waals surface area contributed by atoms with Crippen LogP contribution in [0, 0.1) is 6.92 Å². The van der Waals surface area contributed by atoms with Crippen molar-refractivity contribution >= 4 is 45.9 Å². The molecule has 3 heterocycles. The summed E-state index contributed by atoms with van der Waals surface area (Å²) in [5.74, 6) is -0.742. The number of amides is 1. The van der Waals surface area contributed by atoms with Gasteiger partial charge >= 0.3 is 11.9 Å². The van der Waals surface area contributed by atoms with E-state index in [9.17, 15) is 14.4 Å². The number of aryl methyl sites for hydroxylation is 1. The van der Waals surface area contributed by atoms with Gasteiger partial charge in [-0.15, -0.1) is 28.1 Å². The average molecular weight is 532 g/mol. The molecular formula is C24H29N5O5S2. The quantitative estimate of drug-likeness (QED) is 0.213. The number of aromatic nitrogens is 4. The largest absolute Gasteiger partial charge is 0.462 e. The first-order valence-electron chi connectivity index (χ1n) is 11.3. The molecule has 0 aliphatic heterocycles. The normalized spacial score (nSPS) is 10.8. The zero-order chi connectivity index (χ0) is 26.2. The molecule has 0 saturated heterocycles. The second-order valence-corrected chi connectivity index (χ2v) is 9.59. The molecule has 0 fully saturated rings. The highest BCUT2D eigenvalue weighted by atomic mass is 32.2. The molecule has 36 heavy (non-hydrogen) atoms. The van der Waals surface area contributed by atoms with E-state index in [1.807, 2.05) is 34.5 Å². The predicted octanol–water partition coefficient (Wildman–Crippen LogP) is 3.85. The lowest BCUT2D eigenvalue weighted by Crippen LogP contribution is -2.17. The fraction of sp³-hybridized carbons (Fsp3) is 0.375. The first-order valence-corrected chi connectivity index (χ1v) is 13.1. The van der Waals surface area contributed by atoms with E-state index in [-0.39, 0.29) is 40.3 Å². The number of hydrogen-bond acceptors (Lipinski definition) is 9. The minimum atomic E-state index is -0.610. The molecule has 0 aliphatic rings. The average Bonchev–Trinajstić information content (AvgIpc) is 3.51. The van der Waals surface area contributed by atoms with Gasteiger partial charge in [0.25, 0.3) is 0 Å². The van der Waals surface area contributed by atoms with Crippen LogP contribution in [0.1, 0.15) is 51.0 Å². The van der Waals surface area contributed by atoms with Gasteiger partial charge in [0, 0.05) is 31.9 Å². The molecule has 3 aromatic heterocycles. The van der Waals surface area contributed by atoms with Crippen LogP contribution in [0.5, 0.6) is 0 Å². The van der Waals surface area contributed by atoms with E-state index < -0.39 is 11.9 Å². The number of anilines is 1. The van der Waals surface area contributed by atoms with Crippen LogP contribution in [0.4, 0.5) is 5.00 Å². The number of rotatable bonds is 12. The molecule has 0 unspecified atom stereocenters. The highest BCUT2D eigenvalue weighted by Crippen LogP contribution is 2.34. The van der Waals surface area contributed by atoms with Crippen molar-refractivity contribution in [1.82, 2.24) is 19.3 Å². The van der Waals surface area contributed by atoms with Crippen LogP contribution in [0.25, 0.3) is 0 Å². The maximum Gasteiger partial charge on any atom is 0.348 e. The Morgan fingerprint density at radius 2 is 1.92 bits per heavy atom. The molecule has 0 saturated carbocycles. The van der Waals surface area contributed by atoms with Crippen LogP contribution < -0.4 is 5.32 Å². The minimum absolute atomic E-state index is 0.0212. The molecule has 12 heteroatoms. The summed E-state index contributed by atoms with van der Waals surface area (Å²) < 4.78 is 14.2. The third-order valence-corrected chi connectivity index (χ3v) is 7.32. The smallest absolute Gasteiger partial charge is 0.348 e. The summed E-state index contributed by atoms with van der Waals surface area (Å²) in [6.45, 7) is 9.68. The predicted molar refractivity (Wildman–Crippen MR) is 139 cm³/mol. The standard InChI is InChI=1S/C24H29N5O5S2/c1-6-11-29-17(13-16-10-9-12-28(16)5)26-27-24(29)35-14-18(30)25-21-19(22(31)33-7-2)15(4)20(36-21)23(32)34-8-3/h6,9-10,12H,1,7-8,11,13-14H2,2-5H3,(H,25,30). The number of carbonyl (C=O) groups excluding carboxylic acids is 3. The monoisotopic (exact) mass is 531 g/mol. The summed E-state index contributed by atoms with van der Waals surface area (Å²) >= 11 is 2.21. The van der Waals surface area contributed by atoms with Crippen LogP contribution in [0.3, 0.4) is 0 Å². The SMILES string of the molecule is C=CCn1c(Cc2cccn2C)nnc1SCC(=O)Nc1sc(C(=O)OCC)c(C)c1C(=O)OCC. The number of thioether (sulfide) groups is 1. The van der Waals surface area contributed by atoms with Crippen molar-refractivity contribution in [2.45, 2.75) is 38.9 Å². The van der Waals surface area contributed by atoms with Gasteiger partial charge in [0.05, 0.1) is 24.5 Å². The fourth-order valence-electron chi connectivity index (χ4n) is 3.45. The van der Waals surface area contributed by atoms with Crippen molar-refractivity contribution in [3.05, 3.63) is 58.5 Å². The summed E-state index contributed by atoms with van der Waals surface area (Å²) in [6, 6.07) is 3.98. The number of nitrogens with one attached hydrogen (secondary N) is 1.